The molecule has 0 unspecified atom stereocenters. The van der Waals surface area contributed by atoms with Crippen molar-refractivity contribution >= 4 is 54.3 Å². The third-order valence-electron chi connectivity index (χ3n) is 9.48. The lowest BCUT2D eigenvalue weighted by Crippen LogP contribution is -2.01. The van der Waals surface area contributed by atoms with Gasteiger partial charge in [-0.25, -0.2) is 15.0 Å². The first kappa shape index (κ1) is 27.5. The van der Waals surface area contributed by atoms with Crippen LogP contribution in [0.25, 0.3) is 99.5 Å². The van der Waals surface area contributed by atoms with Gasteiger partial charge in [-0.1, -0.05) is 140 Å². The van der Waals surface area contributed by atoms with E-state index in [-0.39, 0.29) is 0 Å². The van der Waals surface area contributed by atoms with Gasteiger partial charge in [0, 0.05) is 32.8 Å². The summed E-state index contributed by atoms with van der Waals surface area (Å²) >= 11 is 0. The van der Waals surface area contributed by atoms with Crippen LogP contribution in [0.5, 0.6) is 0 Å². The van der Waals surface area contributed by atoms with E-state index in [1.807, 2.05) is 6.07 Å². The first-order valence-corrected chi connectivity index (χ1v) is 16.4. The molecule has 10 aromatic rings. The largest absolute Gasteiger partial charge is 0.455 e. The fraction of sp³-hybridized carbons (Fsp3) is 0. The second-order valence-electron chi connectivity index (χ2n) is 12.4. The standard InChI is InChI=1S/C45H27N3O/c1-2-13-30(14-3-1)35-19-10-20-40-41(35)39-27-38(36-17-8-9-18-37(36)42(39)49-40)45-47-43(33-23-21-28-11-4-6-15-31(28)25-33)46-44(48-45)34-24-22-29-12-5-7-16-32(29)26-34/h1-27H. The van der Waals surface area contributed by atoms with Crippen LogP contribution in [0.4, 0.5) is 0 Å². The van der Waals surface area contributed by atoms with Crippen LogP contribution < -0.4 is 0 Å². The van der Waals surface area contributed by atoms with Crippen molar-refractivity contribution in [2.24, 2.45) is 0 Å². The van der Waals surface area contributed by atoms with Crippen molar-refractivity contribution in [1.29, 1.82) is 0 Å². The van der Waals surface area contributed by atoms with Crippen LogP contribution in [-0.4, -0.2) is 15.0 Å². The molecule has 0 aliphatic carbocycles. The molecule has 0 aliphatic rings. The van der Waals surface area contributed by atoms with Crippen LogP contribution in [0.3, 0.4) is 0 Å². The lowest BCUT2D eigenvalue weighted by molar-refractivity contribution is 0.673. The summed E-state index contributed by atoms with van der Waals surface area (Å²) in [5.41, 5.74) is 6.79. The molecular formula is C45H27N3O. The van der Waals surface area contributed by atoms with Gasteiger partial charge in [0.05, 0.1) is 0 Å². The van der Waals surface area contributed by atoms with E-state index < -0.39 is 0 Å². The second kappa shape index (κ2) is 11.0. The smallest absolute Gasteiger partial charge is 0.164 e. The summed E-state index contributed by atoms with van der Waals surface area (Å²) in [6.45, 7) is 0. The van der Waals surface area contributed by atoms with E-state index in [2.05, 4.69) is 158 Å². The van der Waals surface area contributed by atoms with Gasteiger partial charge in [-0.15, -0.1) is 0 Å². The minimum Gasteiger partial charge on any atom is -0.455 e. The van der Waals surface area contributed by atoms with Crippen LogP contribution in [0, 0.1) is 0 Å². The maximum Gasteiger partial charge on any atom is 0.164 e. The molecular weight excluding hydrogens is 599 g/mol. The zero-order chi connectivity index (χ0) is 32.3. The Morgan fingerprint density at radius 2 is 0.918 bits per heavy atom. The average Bonchev–Trinajstić information content (AvgIpc) is 3.56. The molecule has 2 aromatic heterocycles. The predicted octanol–water partition coefficient (Wildman–Crippen LogP) is 11.9. The Bertz CT molecular complexity index is 2790. The topological polar surface area (TPSA) is 51.8 Å². The van der Waals surface area contributed by atoms with Crippen molar-refractivity contribution < 1.29 is 4.42 Å². The molecule has 10 rings (SSSR count). The van der Waals surface area contributed by atoms with Gasteiger partial charge in [0.25, 0.3) is 0 Å². The van der Waals surface area contributed by atoms with Crippen molar-refractivity contribution in [1.82, 2.24) is 15.0 Å². The van der Waals surface area contributed by atoms with E-state index in [0.717, 1.165) is 71.3 Å². The number of rotatable bonds is 4. The van der Waals surface area contributed by atoms with Crippen molar-refractivity contribution in [2.75, 3.05) is 0 Å². The molecule has 0 saturated heterocycles. The van der Waals surface area contributed by atoms with E-state index >= 15 is 0 Å². The summed E-state index contributed by atoms with van der Waals surface area (Å²) in [7, 11) is 0. The first-order valence-electron chi connectivity index (χ1n) is 16.4. The maximum absolute atomic E-state index is 6.63. The lowest BCUT2D eigenvalue weighted by atomic mass is 9.96. The highest BCUT2D eigenvalue weighted by atomic mass is 16.3. The molecule has 0 spiro atoms. The van der Waals surface area contributed by atoms with Gasteiger partial charge >= 0.3 is 0 Å². The van der Waals surface area contributed by atoms with Gasteiger partial charge < -0.3 is 4.42 Å². The van der Waals surface area contributed by atoms with Crippen LogP contribution in [0.15, 0.2) is 168 Å². The molecule has 49 heavy (non-hydrogen) atoms. The molecule has 0 amide bonds. The van der Waals surface area contributed by atoms with E-state index in [4.69, 9.17) is 19.4 Å². The van der Waals surface area contributed by atoms with Crippen LogP contribution >= 0.6 is 0 Å². The van der Waals surface area contributed by atoms with Crippen molar-refractivity contribution in [3.05, 3.63) is 164 Å². The normalized spacial score (nSPS) is 11.7. The average molecular weight is 626 g/mol. The van der Waals surface area contributed by atoms with Gasteiger partial charge in [0.1, 0.15) is 11.2 Å². The van der Waals surface area contributed by atoms with Crippen molar-refractivity contribution in [3.63, 3.8) is 0 Å². The summed E-state index contributed by atoms with van der Waals surface area (Å²) in [6.07, 6.45) is 0. The summed E-state index contributed by atoms with van der Waals surface area (Å²) in [4.78, 5) is 15.5. The number of hydrogen-bond donors (Lipinski definition) is 0. The fourth-order valence-electron chi connectivity index (χ4n) is 7.10. The van der Waals surface area contributed by atoms with Gasteiger partial charge in [-0.3, -0.25) is 0 Å². The Kier molecular flexibility index (Phi) is 6.15. The number of benzene rings is 8. The van der Waals surface area contributed by atoms with Crippen LogP contribution in [0.2, 0.25) is 0 Å². The first-order chi connectivity index (χ1) is 24.3. The van der Waals surface area contributed by atoms with Crippen LogP contribution in [-0.2, 0) is 0 Å². The molecule has 0 atom stereocenters. The molecule has 0 fully saturated rings. The summed E-state index contributed by atoms with van der Waals surface area (Å²) in [6, 6.07) is 56.9. The van der Waals surface area contributed by atoms with Gasteiger partial charge in [0.15, 0.2) is 17.5 Å². The molecule has 2 heterocycles. The monoisotopic (exact) mass is 625 g/mol. The number of aromatic nitrogens is 3. The quantitative estimate of drug-likeness (QED) is 0.195. The van der Waals surface area contributed by atoms with E-state index in [1.165, 1.54) is 10.8 Å². The van der Waals surface area contributed by atoms with E-state index in [0.29, 0.717) is 17.5 Å². The minimum absolute atomic E-state index is 0.617. The molecule has 0 saturated carbocycles. The third-order valence-corrected chi connectivity index (χ3v) is 9.48. The van der Waals surface area contributed by atoms with E-state index in [1.54, 1.807) is 0 Å². The highest BCUT2D eigenvalue weighted by Crippen LogP contribution is 2.43. The van der Waals surface area contributed by atoms with Crippen molar-refractivity contribution in [3.8, 4) is 45.3 Å². The SMILES string of the molecule is c1ccc(-c2cccc3oc4c5ccccc5c(-c5nc(-c6ccc7ccccc7c6)nc(-c6ccc7ccccc7c6)n5)cc4c23)cc1. The van der Waals surface area contributed by atoms with Crippen molar-refractivity contribution in [2.45, 2.75) is 0 Å². The molecule has 0 N–H and O–H groups in total. The zero-order valence-corrected chi connectivity index (χ0v) is 26.3. The highest BCUT2D eigenvalue weighted by molar-refractivity contribution is 6.21. The molecule has 8 aromatic carbocycles. The molecule has 4 nitrogen and oxygen atoms in total. The zero-order valence-electron chi connectivity index (χ0n) is 26.3. The number of nitrogens with zero attached hydrogens (tertiary/aromatic N) is 3. The Labute approximate surface area is 282 Å². The minimum atomic E-state index is 0.617. The fourth-order valence-corrected chi connectivity index (χ4v) is 7.10. The summed E-state index contributed by atoms with van der Waals surface area (Å²) in [5, 5.41) is 8.78. The second-order valence-corrected chi connectivity index (χ2v) is 12.4. The van der Waals surface area contributed by atoms with Gasteiger partial charge in [0.2, 0.25) is 0 Å². The summed E-state index contributed by atoms with van der Waals surface area (Å²) in [5.74, 6) is 1.88. The molecule has 0 bridgehead atoms. The molecule has 4 heteroatoms. The lowest BCUT2D eigenvalue weighted by Gasteiger charge is -2.12. The maximum atomic E-state index is 6.63. The number of fused-ring (bicyclic) bond motifs is 7. The molecule has 0 aliphatic heterocycles. The Morgan fingerprint density at radius 1 is 0.347 bits per heavy atom. The van der Waals surface area contributed by atoms with Crippen LogP contribution in [0.1, 0.15) is 0 Å². The Morgan fingerprint density at radius 3 is 1.59 bits per heavy atom. The number of furan rings is 1. The molecule has 228 valence electrons. The Hall–Kier alpha value is -6.65. The van der Waals surface area contributed by atoms with Gasteiger partial charge in [-0.2, -0.15) is 0 Å². The van der Waals surface area contributed by atoms with E-state index in [9.17, 15) is 0 Å². The third kappa shape index (κ3) is 4.57. The predicted molar refractivity (Wildman–Crippen MR) is 201 cm³/mol. The highest BCUT2D eigenvalue weighted by Gasteiger charge is 2.20. The summed E-state index contributed by atoms with van der Waals surface area (Å²) < 4.78 is 6.63. The van der Waals surface area contributed by atoms with Gasteiger partial charge in [-0.05, 0) is 62.3 Å². The Balaban J connectivity index is 1.27. The number of hydrogen-bond acceptors (Lipinski definition) is 4. The molecule has 0 radical (unpaired) electrons.